The molecule has 0 aromatic heterocycles. The average molecular weight is 762 g/mol. The van der Waals surface area contributed by atoms with E-state index in [9.17, 15) is 9.59 Å². The minimum Gasteiger partial charge on any atom is -0.463 e. The molecule has 0 heterocycles. The third-order valence-electron chi connectivity index (χ3n) is 8.41. The second kappa shape index (κ2) is 31.1. The Labute approximate surface area is 321 Å². The highest BCUT2D eigenvalue weighted by Gasteiger charge is 2.28. The number of esters is 1. The van der Waals surface area contributed by atoms with Crippen LogP contribution in [0.2, 0.25) is 0 Å². The van der Waals surface area contributed by atoms with Gasteiger partial charge in [0.25, 0.3) is 0 Å². The summed E-state index contributed by atoms with van der Waals surface area (Å²) in [7, 11) is 0. The van der Waals surface area contributed by atoms with Crippen molar-refractivity contribution in [3.63, 3.8) is 0 Å². The monoisotopic (exact) mass is 761 g/mol. The number of carbonyl (C=O) groups is 2. The molecule has 1 aliphatic rings. The van der Waals surface area contributed by atoms with E-state index in [0.717, 1.165) is 25.7 Å². The maximum atomic E-state index is 12.3. The highest BCUT2D eigenvalue weighted by molar-refractivity contribution is 5.79. The molecule has 2 aromatic rings. The van der Waals surface area contributed by atoms with Crippen LogP contribution in [-0.2, 0) is 52.2 Å². The number of alkyl carbamates (subject to hydrolysis) is 1. The molecule has 304 valence electrons. The third kappa shape index (κ3) is 20.5. The predicted octanol–water partition coefficient (Wildman–Crippen LogP) is 5.56. The summed E-state index contributed by atoms with van der Waals surface area (Å²) in [5, 5.41) is 2.80. The van der Waals surface area contributed by atoms with E-state index in [1.165, 1.54) is 22.3 Å². The zero-order chi connectivity index (χ0) is 38.2. The Hall–Kier alpha value is -3.14. The fourth-order valence-corrected chi connectivity index (χ4v) is 5.64. The van der Waals surface area contributed by atoms with Crippen LogP contribution in [-0.4, -0.2) is 138 Å². The number of amides is 1. The smallest absolute Gasteiger partial charge is 0.407 e. The summed E-state index contributed by atoms with van der Waals surface area (Å²) in [6, 6.07) is 16.6. The molecular formula is C41H63NO12. The number of nitrogens with one attached hydrogen (secondary N) is 1. The number of unbranched alkanes of at least 4 members (excludes halogenated alkanes) is 3. The van der Waals surface area contributed by atoms with Crippen molar-refractivity contribution in [1.82, 2.24) is 5.32 Å². The number of fused-ring (bicyclic) bond motifs is 3. The minimum absolute atomic E-state index is 0.0482. The molecule has 0 spiro atoms. The maximum absolute atomic E-state index is 12.3. The molecule has 0 aliphatic heterocycles. The summed E-state index contributed by atoms with van der Waals surface area (Å²) >= 11 is 0. The molecule has 0 fully saturated rings. The highest BCUT2D eigenvalue weighted by Crippen LogP contribution is 2.44. The minimum atomic E-state index is -0.417. The molecule has 1 amide bonds. The molecule has 3 rings (SSSR count). The molecular weight excluding hydrogens is 698 g/mol. The van der Waals surface area contributed by atoms with E-state index >= 15 is 0 Å². The molecule has 13 heteroatoms. The summed E-state index contributed by atoms with van der Waals surface area (Å²) in [6.07, 6.45) is 5.01. The lowest BCUT2D eigenvalue weighted by Crippen LogP contribution is -2.27. The lowest BCUT2D eigenvalue weighted by molar-refractivity contribution is -0.145. The van der Waals surface area contributed by atoms with Crippen molar-refractivity contribution in [2.24, 2.45) is 0 Å². The van der Waals surface area contributed by atoms with Crippen LogP contribution >= 0.6 is 0 Å². The Morgan fingerprint density at radius 3 is 1.39 bits per heavy atom. The van der Waals surface area contributed by atoms with E-state index in [1.807, 2.05) is 24.3 Å². The molecule has 0 unspecified atom stereocenters. The van der Waals surface area contributed by atoms with Gasteiger partial charge in [-0.3, -0.25) is 4.79 Å². The van der Waals surface area contributed by atoms with E-state index in [0.29, 0.717) is 132 Å². The number of ether oxygens (including phenoxy) is 10. The van der Waals surface area contributed by atoms with Gasteiger partial charge in [-0.05, 0) is 35.1 Å². The highest BCUT2D eigenvalue weighted by atomic mass is 16.6. The lowest BCUT2D eigenvalue weighted by atomic mass is 9.98. The number of carbonyl (C=O) groups excluding carboxylic acids is 2. The molecule has 1 N–H and O–H groups in total. The van der Waals surface area contributed by atoms with Crippen LogP contribution in [0.25, 0.3) is 11.1 Å². The van der Waals surface area contributed by atoms with Crippen LogP contribution in [0, 0.1) is 0 Å². The molecule has 0 saturated heterocycles. The van der Waals surface area contributed by atoms with Crippen LogP contribution in [0.1, 0.15) is 62.5 Å². The van der Waals surface area contributed by atoms with Crippen LogP contribution in [0.4, 0.5) is 4.79 Å². The lowest BCUT2D eigenvalue weighted by Gasteiger charge is -2.14. The molecule has 1 aliphatic carbocycles. The molecule has 0 radical (unpaired) electrons. The fraction of sp³-hybridized carbons (Fsp3) is 0.659. The van der Waals surface area contributed by atoms with E-state index in [4.69, 9.17) is 47.4 Å². The van der Waals surface area contributed by atoms with Crippen molar-refractivity contribution in [3.8, 4) is 11.1 Å². The Morgan fingerprint density at radius 2 is 0.926 bits per heavy atom. The second-order valence-electron chi connectivity index (χ2n) is 12.5. The topological polar surface area (TPSA) is 138 Å². The maximum Gasteiger partial charge on any atom is 0.407 e. The van der Waals surface area contributed by atoms with Crippen LogP contribution in [0.5, 0.6) is 0 Å². The SMILES string of the molecule is CCCCCCC(=O)OCCOCCOCCOCCOCCOCCOCCOCCOCCCNC(=O)OCC1c2ccccc2-c2ccccc21. The third-order valence-corrected chi connectivity index (χ3v) is 8.41. The first-order valence-electron chi connectivity index (χ1n) is 19.6. The Bertz CT molecular complexity index is 1200. The zero-order valence-corrected chi connectivity index (χ0v) is 32.3. The Kier molecular flexibility index (Phi) is 26.1. The van der Waals surface area contributed by atoms with Gasteiger partial charge in [0.05, 0.1) is 99.1 Å². The predicted molar refractivity (Wildman–Crippen MR) is 204 cm³/mol. The molecule has 0 bridgehead atoms. The standard InChI is InChI=1S/C41H63NO12/c1-2-3-4-5-15-40(43)53-33-32-52-31-30-51-29-28-50-27-26-49-25-24-48-23-22-47-21-20-46-19-18-45-17-10-16-42-41(44)54-34-39-37-13-8-6-11-35(37)36-12-7-9-14-38(36)39/h6-9,11-14,39H,2-5,10,15-34H2,1H3,(H,42,44). The number of hydrogen-bond donors (Lipinski definition) is 1. The van der Waals surface area contributed by atoms with Gasteiger partial charge in [0.15, 0.2) is 0 Å². The first kappa shape index (κ1) is 45.3. The van der Waals surface area contributed by atoms with Gasteiger partial charge in [-0.1, -0.05) is 74.7 Å². The Balaban J connectivity index is 0.957. The molecule has 13 nitrogen and oxygen atoms in total. The first-order chi connectivity index (χ1) is 26.7. The van der Waals surface area contributed by atoms with E-state index in [1.54, 1.807) is 0 Å². The van der Waals surface area contributed by atoms with Gasteiger partial charge in [-0.2, -0.15) is 0 Å². The van der Waals surface area contributed by atoms with Crippen molar-refractivity contribution in [2.75, 3.05) is 125 Å². The van der Waals surface area contributed by atoms with Gasteiger partial charge in [-0.25, -0.2) is 4.79 Å². The van der Waals surface area contributed by atoms with E-state index in [-0.39, 0.29) is 18.5 Å². The van der Waals surface area contributed by atoms with Crippen LogP contribution < -0.4 is 5.32 Å². The summed E-state index contributed by atoms with van der Waals surface area (Å²) in [5.41, 5.74) is 4.80. The van der Waals surface area contributed by atoms with Gasteiger partial charge in [0, 0.05) is 25.5 Å². The molecule has 54 heavy (non-hydrogen) atoms. The quantitative estimate of drug-likeness (QED) is 0.0695. The van der Waals surface area contributed by atoms with Gasteiger partial charge < -0.3 is 52.7 Å². The normalized spacial score (nSPS) is 12.1. The summed E-state index contributed by atoms with van der Waals surface area (Å²) in [6.45, 7) is 10.8. The van der Waals surface area contributed by atoms with Crippen molar-refractivity contribution in [3.05, 3.63) is 59.7 Å². The van der Waals surface area contributed by atoms with Crippen LogP contribution in [0.15, 0.2) is 48.5 Å². The van der Waals surface area contributed by atoms with Crippen molar-refractivity contribution in [2.45, 2.75) is 51.4 Å². The van der Waals surface area contributed by atoms with Gasteiger partial charge in [0.1, 0.15) is 13.2 Å². The second-order valence-corrected chi connectivity index (χ2v) is 12.5. The number of hydrogen-bond acceptors (Lipinski definition) is 12. The van der Waals surface area contributed by atoms with Crippen molar-refractivity contribution < 1.29 is 57.0 Å². The average Bonchev–Trinajstić information content (AvgIpc) is 3.51. The van der Waals surface area contributed by atoms with Crippen molar-refractivity contribution >= 4 is 12.1 Å². The van der Waals surface area contributed by atoms with E-state index < -0.39 is 6.09 Å². The molecule has 0 atom stereocenters. The Morgan fingerprint density at radius 1 is 0.500 bits per heavy atom. The largest absolute Gasteiger partial charge is 0.463 e. The van der Waals surface area contributed by atoms with Gasteiger partial charge in [-0.15, -0.1) is 0 Å². The fourth-order valence-electron chi connectivity index (χ4n) is 5.64. The van der Waals surface area contributed by atoms with Gasteiger partial charge in [0.2, 0.25) is 0 Å². The van der Waals surface area contributed by atoms with Crippen molar-refractivity contribution in [1.29, 1.82) is 0 Å². The zero-order valence-electron chi connectivity index (χ0n) is 32.3. The van der Waals surface area contributed by atoms with E-state index in [2.05, 4.69) is 36.5 Å². The molecule has 0 saturated carbocycles. The number of benzene rings is 2. The number of rotatable bonds is 35. The van der Waals surface area contributed by atoms with Gasteiger partial charge >= 0.3 is 12.1 Å². The molecule has 2 aromatic carbocycles. The first-order valence-corrected chi connectivity index (χ1v) is 19.6. The van der Waals surface area contributed by atoms with Crippen LogP contribution in [0.3, 0.4) is 0 Å². The summed E-state index contributed by atoms with van der Waals surface area (Å²) in [5.74, 6) is -0.108. The summed E-state index contributed by atoms with van der Waals surface area (Å²) in [4.78, 5) is 23.8. The summed E-state index contributed by atoms with van der Waals surface area (Å²) < 4.78 is 54.6.